The number of hydrogen-bond acceptors (Lipinski definition) is 3. The summed E-state index contributed by atoms with van der Waals surface area (Å²) in [5.74, 6) is 4.40. The van der Waals surface area contributed by atoms with Gasteiger partial charge in [-0.25, -0.2) is 4.98 Å². The molecule has 2 atom stereocenters. The zero-order valence-electron chi connectivity index (χ0n) is 9.16. The third-order valence-corrected chi connectivity index (χ3v) is 5.31. The Morgan fingerprint density at radius 3 is 3.06 bits per heavy atom. The average molecular weight is 302 g/mol. The van der Waals surface area contributed by atoms with Gasteiger partial charge < -0.3 is 10.3 Å². The van der Waals surface area contributed by atoms with E-state index in [-0.39, 0.29) is 0 Å². The standard InChI is InChI=1S/C11H16BrN3S/c12-10-9-2-1-8(13)5-15(9)11(14-10)7-3-4-16-6-7/h7-8H,1-6,13H2. The van der Waals surface area contributed by atoms with Gasteiger partial charge in [0.15, 0.2) is 0 Å². The number of nitrogens with two attached hydrogens (primary N) is 1. The Labute approximate surface area is 108 Å². The lowest BCUT2D eigenvalue weighted by Gasteiger charge is -2.23. The van der Waals surface area contributed by atoms with Gasteiger partial charge in [0.25, 0.3) is 0 Å². The third kappa shape index (κ3) is 1.83. The minimum Gasteiger partial charge on any atom is -0.329 e. The highest BCUT2D eigenvalue weighted by Crippen LogP contribution is 2.35. The SMILES string of the molecule is NC1CCc2c(Br)nc(C3CCSC3)n2C1. The summed E-state index contributed by atoms with van der Waals surface area (Å²) in [6, 6.07) is 0.307. The molecule has 3 heterocycles. The highest BCUT2D eigenvalue weighted by atomic mass is 79.9. The second kappa shape index (κ2) is 4.35. The van der Waals surface area contributed by atoms with Crippen molar-refractivity contribution in [3.63, 3.8) is 0 Å². The van der Waals surface area contributed by atoms with E-state index in [9.17, 15) is 0 Å². The molecule has 2 aliphatic heterocycles. The third-order valence-electron chi connectivity index (χ3n) is 3.52. The van der Waals surface area contributed by atoms with Gasteiger partial charge >= 0.3 is 0 Å². The summed E-state index contributed by atoms with van der Waals surface area (Å²) >= 11 is 5.63. The lowest BCUT2D eigenvalue weighted by molar-refractivity contribution is 0.440. The van der Waals surface area contributed by atoms with E-state index in [2.05, 4.69) is 20.5 Å². The van der Waals surface area contributed by atoms with Gasteiger partial charge in [-0.05, 0) is 40.9 Å². The molecule has 0 bridgehead atoms. The molecule has 0 radical (unpaired) electrons. The molecule has 0 aliphatic carbocycles. The van der Waals surface area contributed by atoms with Gasteiger partial charge in [-0.2, -0.15) is 11.8 Å². The van der Waals surface area contributed by atoms with E-state index in [1.165, 1.54) is 29.4 Å². The van der Waals surface area contributed by atoms with Crippen molar-refractivity contribution in [2.75, 3.05) is 11.5 Å². The molecule has 2 N–H and O–H groups in total. The number of halogens is 1. The van der Waals surface area contributed by atoms with Crippen molar-refractivity contribution in [3.8, 4) is 0 Å². The molecule has 2 unspecified atom stereocenters. The van der Waals surface area contributed by atoms with Crippen LogP contribution in [0.25, 0.3) is 0 Å². The van der Waals surface area contributed by atoms with Crippen molar-refractivity contribution < 1.29 is 0 Å². The molecule has 5 heteroatoms. The Balaban J connectivity index is 1.98. The van der Waals surface area contributed by atoms with Gasteiger partial charge in [0.1, 0.15) is 10.4 Å². The van der Waals surface area contributed by atoms with Gasteiger partial charge in [0.05, 0.1) is 5.69 Å². The molecule has 3 rings (SSSR count). The smallest absolute Gasteiger partial charge is 0.127 e. The average Bonchev–Trinajstić information content (AvgIpc) is 2.86. The Morgan fingerprint density at radius 1 is 1.44 bits per heavy atom. The summed E-state index contributed by atoms with van der Waals surface area (Å²) in [5.41, 5.74) is 7.41. The highest BCUT2D eigenvalue weighted by molar-refractivity contribution is 9.10. The van der Waals surface area contributed by atoms with E-state index >= 15 is 0 Å². The number of thioether (sulfide) groups is 1. The number of hydrogen-bond donors (Lipinski definition) is 1. The molecule has 0 aromatic carbocycles. The number of nitrogens with zero attached hydrogens (tertiary/aromatic N) is 2. The molecule has 0 saturated carbocycles. The highest BCUT2D eigenvalue weighted by Gasteiger charge is 2.28. The Morgan fingerprint density at radius 2 is 2.31 bits per heavy atom. The second-order valence-corrected chi connectivity index (χ2v) is 6.58. The van der Waals surface area contributed by atoms with Crippen LogP contribution in [0.1, 0.15) is 30.3 Å². The maximum Gasteiger partial charge on any atom is 0.127 e. The topological polar surface area (TPSA) is 43.8 Å². The van der Waals surface area contributed by atoms with Crippen molar-refractivity contribution in [3.05, 3.63) is 16.1 Å². The molecule has 3 nitrogen and oxygen atoms in total. The first-order valence-corrected chi connectivity index (χ1v) is 7.78. The minimum absolute atomic E-state index is 0.307. The fraction of sp³-hybridized carbons (Fsp3) is 0.727. The van der Waals surface area contributed by atoms with Crippen LogP contribution in [0.2, 0.25) is 0 Å². The summed E-state index contributed by atoms with van der Waals surface area (Å²) in [7, 11) is 0. The number of rotatable bonds is 1. The summed E-state index contributed by atoms with van der Waals surface area (Å²) in [4.78, 5) is 4.72. The molecule has 1 aromatic rings. The van der Waals surface area contributed by atoms with Gasteiger partial charge in [0, 0.05) is 24.3 Å². The van der Waals surface area contributed by atoms with Gasteiger partial charge in [-0.1, -0.05) is 0 Å². The van der Waals surface area contributed by atoms with Crippen molar-refractivity contribution in [1.82, 2.24) is 9.55 Å². The Kier molecular flexibility index (Phi) is 3.02. The number of imidazole rings is 1. The second-order valence-electron chi connectivity index (χ2n) is 4.68. The van der Waals surface area contributed by atoms with Crippen LogP contribution >= 0.6 is 27.7 Å². The summed E-state index contributed by atoms with van der Waals surface area (Å²) in [6.07, 6.45) is 3.42. The summed E-state index contributed by atoms with van der Waals surface area (Å²) in [6.45, 7) is 0.949. The fourth-order valence-corrected chi connectivity index (χ4v) is 4.43. The largest absolute Gasteiger partial charge is 0.329 e. The molecule has 1 fully saturated rings. The molecule has 88 valence electrons. The normalized spacial score (nSPS) is 29.4. The number of fused-ring (bicyclic) bond motifs is 1. The van der Waals surface area contributed by atoms with E-state index in [4.69, 9.17) is 10.7 Å². The lowest BCUT2D eigenvalue weighted by Crippen LogP contribution is -2.33. The van der Waals surface area contributed by atoms with Crippen LogP contribution in [0.3, 0.4) is 0 Å². The van der Waals surface area contributed by atoms with Crippen LogP contribution in [0.4, 0.5) is 0 Å². The van der Waals surface area contributed by atoms with Crippen LogP contribution < -0.4 is 5.73 Å². The lowest BCUT2D eigenvalue weighted by atomic mass is 10.0. The first-order chi connectivity index (χ1) is 7.75. The van der Waals surface area contributed by atoms with Crippen LogP contribution in [-0.4, -0.2) is 27.1 Å². The van der Waals surface area contributed by atoms with Crippen molar-refractivity contribution >= 4 is 27.7 Å². The molecule has 2 aliphatic rings. The van der Waals surface area contributed by atoms with E-state index in [1.807, 2.05) is 11.8 Å². The summed E-state index contributed by atoms with van der Waals surface area (Å²) < 4.78 is 3.42. The van der Waals surface area contributed by atoms with Gasteiger partial charge in [-0.3, -0.25) is 0 Å². The molecule has 0 spiro atoms. The molecule has 0 amide bonds. The predicted octanol–water partition coefficient (Wildman–Crippen LogP) is 2.14. The van der Waals surface area contributed by atoms with Crippen LogP contribution in [0.15, 0.2) is 4.60 Å². The van der Waals surface area contributed by atoms with Crippen molar-refractivity contribution in [1.29, 1.82) is 0 Å². The molecule has 1 aromatic heterocycles. The molecular formula is C11H16BrN3S. The molecule has 16 heavy (non-hydrogen) atoms. The first-order valence-electron chi connectivity index (χ1n) is 5.84. The quantitative estimate of drug-likeness (QED) is 0.864. The Hall–Kier alpha value is -0.000000000000000111. The summed E-state index contributed by atoms with van der Waals surface area (Å²) in [5, 5.41) is 0. The van der Waals surface area contributed by atoms with Crippen molar-refractivity contribution in [2.45, 2.75) is 37.8 Å². The van der Waals surface area contributed by atoms with E-state index in [0.29, 0.717) is 12.0 Å². The van der Waals surface area contributed by atoms with Crippen LogP contribution in [0, 0.1) is 0 Å². The monoisotopic (exact) mass is 301 g/mol. The molecular weight excluding hydrogens is 286 g/mol. The number of aromatic nitrogens is 2. The predicted molar refractivity (Wildman–Crippen MR) is 70.9 cm³/mol. The van der Waals surface area contributed by atoms with Gasteiger partial charge in [0.2, 0.25) is 0 Å². The van der Waals surface area contributed by atoms with Crippen molar-refractivity contribution in [2.24, 2.45) is 5.73 Å². The van der Waals surface area contributed by atoms with Crippen LogP contribution in [-0.2, 0) is 13.0 Å². The van der Waals surface area contributed by atoms with E-state index < -0.39 is 0 Å². The minimum atomic E-state index is 0.307. The maximum absolute atomic E-state index is 6.06. The Bertz CT molecular complexity index is 398. The fourth-order valence-electron chi connectivity index (χ4n) is 2.61. The zero-order valence-corrected chi connectivity index (χ0v) is 11.6. The maximum atomic E-state index is 6.06. The zero-order chi connectivity index (χ0) is 11.1. The van der Waals surface area contributed by atoms with E-state index in [0.717, 1.165) is 24.0 Å². The van der Waals surface area contributed by atoms with Crippen LogP contribution in [0.5, 0.6) is 0 Å². The van der Waals surface area contributed by atoms with Gasteiger partial charge in [-0.15, -0.1) is 0 Å². The molecule has 1 saturated heterocycles. The van der Waals surface area contributed by atoms with E-state index in [1.54, 1.807) is 0 Å². The first kappa shape index (κ1) is 11.1.